The molecule has 2 atom stereocenters. The maximum atomic E-state index is 11.6. The second kappa shape index (κ2) is 8.68. The van der Waals surface area contributed by atoms with Crippen molar-refractivity contribution in [3.05, 3.63) is 0 Å². The largest absolute Gasteiger partial charge is 0.383 e. The number of carbonyl (C=O) groups is 1. The van der Waals surface area contributed by atoms with Crippen LogP contribution in [0.5, 0.6) is 0 Å². The molecule has 0 aliphatic heterocycles. The first-order valence-corrected chi connectivity index (χ1v) is 5.70. The summed E-state index contributed by atoms with van der Waals surface area (Å²) in [6, 6.07) is -0.290. The quantitative estimate of drug-likeness (QED) is 0.637. The number of hydrogen-bond acceptors (Lipinski definition) is 3. The van der Waals surface area contributed by atoms with Gasteiger partial charge in [0, 0.05) is 7.11 Å². The molecule has 0 aromatic carbocycles. The molecule has 3 N–H and O–H groups in total. The monoisotopic (exact) mass is 216 g/mol. The lowest BCUT2D eigenvalue weighted by molar-refractivity contribution is -0.123. The molecule has 0 bridgehead atoms. The van der Waals surface area contributed by atoms with Crippen molar-refractivity contribution < 1.29 is 9.53 Å². The Morgan fingerprint density at radius 2 is 1.93 bits per heavy atom. The summed E-state index contributed by atoms with van der Waals surface area (Å²) in [4.78, 5) is 11.6. The lowest BCUT2D eigenvalue weighted by atomic mass is 10.1. The van der Waals surface area contributed by atoms with Crippen LogP contribution in [0.25, 0.3) is 0 Å². The standard InChI is InChI=1S/C11H24N2O2/c1-4-6-9(8-15-3)13-11(14)10(12)7-5-2/h9-10H,4-8,12H2,1-3H3,(H,13,14)/t9?,10-/m0/s1. The molecule has 0 aliphatic rings. The van der Waals surface area contributed by atoms with Crippen molar-refractivity contribution in [3.63, 3.8) is 0 Å². The number of carbonyl (C=O) groups excluding carboxylic acids is 1. The van der Waals surface area contributed by atoms with Crippen LogP contribution in [0.3, 0.4) is 0 Å². The molecule has 1 unspecified atom stereocenters. The third kappa shape index (κ3) is 6.47. The Labute approximate surface area is 92.6 Å². The first-order valence-electron chi connectivity index (χ1n) is 5.70. The molecule has 0 aromatic rings. The van der Waals surface area contributed by atoms with Crippen LogP contribution in [0.2, 0.25) is 0 Å². The first kappa shape index (κ1) is 14.4. The van der Waals surface area contributed by atoms with Gasteiger partial charge in [-0.25, -0.2) is 0 Å². The lowest BCUT2D eigenvalue weighted by Gasteiger charge is -2.19. The van der Waals surface area contributed by atoms with Crippen molar-refractivity contribution >= 4 is 5.91 Å². The minimum absolute atomic E-state index is 0.0626. The molecule has 0 radical (unpaired) electrons. The van der Waals surface area contributed by atoms with Crippen LogP contribution >= 0.6 is 0 Å². The molecule has 90 valence electrons. The number of nitrogens with one attached hydrogen (secondary N) is 1. The van der Waals surface area contributed by atoms with E-state index >= 15 is 0 Å². The summed E-state index contributed by atoms with van der Waals surface area (Å²) in [7, 11) is 1.64. The summed E-state index contributed by atoms with van der Waals surface area (Å²) < 4.78 is 5.04. The van der Waals surface area contributed by atoms with Gasteiger partial charge in [0.15, 0.2) is 0 Å². The minimum Gasteiger partial charge on any atom is -0.383 e. The Hall–Kier alpha value is -0.610. The lowest BCUT2D eigenvalue weighted by Crippen LogP contribution is -2.46. The maximum absolute atomic E-state index is 11.6. The fraction of sp³-hybridized carbons (Fsp3) is 0.909. The van der Waals surface area contributed by atoms with Crippen molar-refractivity contribution in [1.82, 2.24) is 5.32 Å². The highest BCUT2D eigenvalue weighted by molar-refractivity contribution is 5.81. The highest BCUT2D eigenvalue weighted by atomic mass is 16.5. The highest BCUT2D eigenvalue weighted by Gasteiger charge is 2.16. The van der Waals surface area contributed by atoms with Crippen molar-refractivity contribution in [2.45, 2.75) is 51.6 Å². The Kier molecular flexibility index (Phi) is 8.33. The van der Waals surface area contributed by atoms with Gasteiger partial charge in [0.25, 0.3) is 0 Å². The molecule has 4 heteroatoms. The van der Waals surface area contributed by atoms with E-state index in [1.807, 2.05) is 6.92 Å². The van der Waals surface area contributed by atoms with Crippen LogP contribution < -0.4 is 11.1 Å². The summed E-state index contributed by atoms with van der Waals surface area (Å²) in [6.45, 7) is 4.66. The van der Waals surface area contributed by atoms with Gasteiger partial charge in [-0.2, -0.15) is 0 Å². The van der Waals surface area contributed by atoms with Gasteiger partial charge in [0.05, 0.1) is 18.7 Å². The van der Waals surface area contributed by atoms with Crippen molar-refractivity contribution in [2.24, 2.45) is 5.73 Å². The summed E-state index contributed by atoms with van der Waals surface area (Å²) in [5.74, 6) is -0.0626. The van der Waals surface area contributed by atoms with Crippen LogP contribution in [0.1, 0.15) is 39.5 Å². The minimum atomic E-state index is -0.383. The zero-order valence-corrected chi connectivity index (χ0v) is 10.1. The molecular weight excluding hydrogens is 192 g/mol. The van der Waals surface area contributed by atoms with E-state index in [1.165, 1.54) is 0 Å². The average molecular weight is 216 g/mol. The Morgan fingerprint density at radius 3 is 2.40 bits per heavy atom. The number of nitrogens with two attached hydrogens (primary N) is 1. The van der Waals surface area contributed by atoms with E-state index in [4.69, 9.17) is 10.5 Å². The fourth-order valence-electron chi connectivity index (χ4n) is 1.50. The molecular formula is C11H24N2O2. The normalized spacial score (nSPS) is 14.7. The van der Waals surface area contributed by atoms with Gasteiger partial charge in [-0.05, 0) is 12.8 Å². The van der Waals surface area contributed by atoms with Crippen LogP contribution in [0.15, 0.2) is 0 Å². The summed E-state index contributed by atoms with van der Waals surface area (Å²) in [6.07, 6.45) is 3.62. The predicted octanol–water partition coefficient (Wildman–Crippen LogP) is 1.05. The van der Waals surface area contributed by atoms with Gasteiger partial charge in [-0.1, -0.05) is 26.7 Å². The van der Waals surface area contributed by atoms with Crippen LogP contribution in [-0.2, 0) is 9.53 Å². The van der Waals surface area contributed by atoms with Crippen molar-refractivity contribution in [3.8, 4) is 0 Å². The first-order chi connectivity index (χ1) is 7.15. The number of methoxy groups -OCH3 is 1. The van der Waals surface area contributed by atoms with Crippen LogP contribution in [0.4, 0.5) is 0 Å². The van der Waals surface area contributed by atoms with E-state index < -0.39 is 0 Å². The van der Waals surface area contributed by atoms with Crippen molar-refractivity contribution in [1.29, 1.82) is 0 Å². The van der Waals surface area contributed by atoms with E-state index in [0.29, 0.717) is 6.61 Å². The third-order valence-electron chi connectivity index (χ3n) is 2.29. The predicted molar refractivity (Wildman–Crippen MR) is 61.6 cm³/mol. The molecule has 0 spiro atoms. The molecule has 0 aliphatic carbocycles. The van der Waals surface area contributed by atoms with E-state index in [-0.39, 0.29) is 18.0 Å². The second-order valence-corrected chi connectivity index (χ2v) is 3.84. The number of amides is 1. The van der Waals surface area contributed by atoms with Gasteiger partial charge in [-0.3, -0.25) is 4.79 Å². The van der Waals surface area contributed by atoms with Gasteiger partial charge in [-0.15, -0.1) is 0 Å². The number of hydrogen-bond donors (Lipinski definition) is 2. The van der Waals surface area contributed by atoms with Gasteiger partial charge in [0.1, 0.15) is 0 Å². The summed E-state index contributed by atoms with van der Waals surface area (Å²) >= 11 is 0. The molecule has 0 aromatic heterocycles. The SMILES string of the molecule is CCCC(COC)NC(=O)[C@@H](N)CCC. The molecule has 0 heterocycles. The van der Waals surface area contributed by atoms with Crippen LogP contribution in [-0.4, -0.2) is 31.7 Å². The van der Waals surface area contributed by atoms with E-state index in [2.05, 4.69) is 12.2 Å². The maximum Gasteiger partial charge on any atom is 0.237 e. The van der Waals surface area contributed by atoms with E-state index in [1.54, 1.807) is 7.11 Å². The Bertz CT molecular complexity index is 168. The molecule has 4 nitrogen and oxygen atoms in total. The Morgan fingerprint density at radius 1 is 1.33 bits per heavy atom. The number of rotatable bonds is 8. The average Bonchev–Trinajstić information content (AvgIpc) is 2.18. The topological polar surface area (TPSA) is 64.3 Å². The van der Waals surface area contributed by atoms with E-state index in [9.17, 15) is 4.79 Å². The molecule has 1 amide bonds. The fourth-order valence-corrected chi connectivity index (χ4v) is 1.50. The zero-order chi connectivity index (χ0) is 11.7. The molecule has 0 rings (SSSR count). The van der Waals surface area contributed by atoms with Crippen molar-refractivity contribution in [2.75, 3.05) is 13.7 Å². The summed E-state index contributed by atoms with van der Waals surface area (Å²) in [5.41, 5.74) is 5.72. The van der Waals surface area contributed by atoms with Gasteiger partial charge >= 0.3 is 0 Å². The zero-order valence-electron chi connectivity index (χ0n) is 10.1. The molecule has 0 saturated heterocycles. The third-order valence-corrected chi connectivity index (χ3v) is 2.29. The number of ether oxygens (including phenoxy) is 1. The Balaban J connectivity index is 3.97. The highest BCUT2D eigenvalue weighted by Crippen LogP contribution is 1.99. The smallest absolute Gasteiger partial charge is 0.237 e. The van der Waals surface area contributed by atoms with Gasteiger partial charge < -0.3 is 15.8 Å². The van der Waals surface area contributed by atoms with Crippen LogP contribution in [0, 0.1) is 0 Å². The molecule has 0 fully saturated rings. The molecule has 15 heavy (non-hydrogen) atoms. The van der Waals surface area contributed by atoms with E-state index in [0.717, 1.165) is 25.7 Å². The molecule has 0 saturated carbocycles. The summed E-state index contributed by atoms with van der Waals surface area (Å²) in [5, 5.41) is 2.91. The van der Waals surface area contributed by atoms with Gasteiger partial charge in [0.2, 0.25) is 5.91 Å². The second-order valence-electron chi connectivity index (χ2n) is 3.84.